The van der Waals surface area contributed by atoms with Crippen LogP contribution in [0.5, 0.6) is 0 Å². The van der Waals surface area contributed by atoms with Crippen LogP contribution in [0, 0.1) is 13.8 Å². The van der Waals surface area contributed by atoms with E-state index >= 15 is 0 Å². The molecule has 7 heteroatoms. The van der Waals surface area contributed by atoms with Crippen molar-refractivity contribution in [3.05, 3.63) is 64.8 Å². The molecule has 3 aromatic rings. The van der Waals surface area contributed by atoms with Crippen LogP contribution in [-0.2, 0) is 0 Å². The smallest absolute Gasteiger partial charge is 0.274 e. The van der Waals surface area contributed by atoms with E-state index in [0.717, 1.165) is 5.56 Å². The molecule has 0 spiro atoms. The van der Waals surface area contributed by atoms with E-state index in [9.17, 15) is 9.59 Å². The third-order valence-corrected chi connectivity index (χ3v) is 4.50. The summed E-state index contributed by atoms with van der Waals surface area (Å²) in [5, 5.41) is 11.1. The van der Waals surface area contributed by atoms with Gasteiger partial charge >= 0.3 is 0 Å². The number of hydrogen-bond acceptors (Lipinski definition) is 5. The first kappa shape index (κ1) is 18.6. The number of aromatic nitrogens is 3. The molecule has 27 heavy (non-hydrogen) atoms. The monoisotopic (exact) mass is 366 g/mol. The van der Waals surface area contributed by atoms with Crippen molar-refractivity contribution < 1.29 is 14.1 Å². The van der Waals surface area contributed by atoms with Crippen molar-refractivity contribution in [2.45, 2.75) is 40.2 Å². The lowest BCUT2D eigenvalue weighted by atomic mass is 10.1. The Balaban J connectivity index is 2.01. The number of rotatable bonds is 6. The average molecular weight is 366 g/mol. The molecule has 0 saturated heterocycles. The molecular weight excluding hydrogens is 344 g/mol. The topological polar surface area (TPSA) is 90.0 Å². The summed E-state index contributed by atoms with van der Waals surface area (Å²) in [7, 11) is 0. The first-order valence-electron chi connectivity index (χ1n) is 8.84. The molecule has 1 N–H and O–H groups in total. The standard InChI is InChI=1S/C20H22N4O3/c1-5-18(25)16-11-17(20(26)21-19-12(2)23-27-14(19)4)24(22-16)13(3)15-9-7-6-8-10-15/h6-11,13H,5H2,1-4H3,(H,21,26)/t13-/m0/s1. The number of hydrogen-bond donors (Lipinski definition) is 1. The molecule has 0 aliphatic heterocycles. The minimum atomic E-state index is -0.366. The van der Waals surface area contributed by atoms with Gasteiger partial charge in [-0.05, 0) is 26.3 Å². The fourth-order valence-corrected chi connectivity index (χ4v) is 2.89. The lowest BCUT2D eigenvalue weighted by molar-refractivity contribution is 0.0980. The lowest BCUT2D eigenvalue weighted by Crippen LogP contribution is -2.21. The van der Waals surface area contributed by atoms with Crippen LogP contribution in [-0.4, -0.2) is 26.6 Å². The number of amides is 1. The molecule has 1 aromatic carbocycles. The summed E-state index contributed by atoms with van der Waals surface area (Å²) in [4.78, 5) is 25.1. The summed E-state index contributed by atoms with van der Waals surface area (Å²) < 4.78 is 6.69. The third-order valence-electron chi connectivity index (χ3n) is 4.50. The highest BCUT2D eigenvalue weighted by Crippen LogP contribution is 2.23. The molecule has 0 fully saturated rings. The van der Waals surface area contributed by atoms with Gasteiger partial charge in [-0.3, -0.25) is 14.3 Å². The number of nitrogens with one attached hydrogen (secondary N) is 1. The third kappa shape index (κ3) is 3.67. The highest BCUT2D eigenvalue weighted by Gasteiger charge is 2.24. The quantitative estimate of drug-likeness (QED) is 0.667. The fraction of sp³-hybridized carbons (Fsp3) is 0.300. The Morgan fingerprint density at radius 3 is 2.52 bits per heavy atom. The van der Waals surface area contributed by atoms with Crippen LogP contribution >= 0.6 is 0 Å². The van der Waals surface area contributed by atoms with Crippen LogP contribution in [0.25, 0.3) is 0 Å². The Labute approximate surface area is 157 Å². The Kier molecular flexibility index (Phi) is 5.21. The van der Waals surface area contributed by atoms with Crippen LogP contribution in [0.4, 0.5) is 5.69 Å². The number of anilines is 1. The second kappa shape index (κ2) is 7.57. The van der Waals surface area contributed by atoms with Crippen molar-refractivity contribution in [1.82, 2.24) is 14.9 Å². The number of carbonyl (C=O) groups excluding carboxylic acids is 2. The predicted octanol–water partition coefficient (Wildman–Crippen LogP) is 3.94. The van der Waals surface area contributed by atoms with Crippen molar-refractivity contribution in [2.24, 2.45) is 0 Å². The molecule has 0 unspecified atom stereocenters. The molecule has 2 aromatic heterocycles. The van der Waals surface area contributed by atoms with Gasteiger partial charge in [-0.15, -0.1) is 0 Å². The maximum atomic E-state index is 12.9. The number of carbonyl (C=O) groups is 2. The van der Waals surface area contributed by atoms with Crippen molar-refractivity contribution in [3.63, 3.8) is 0 Å². The lowest BCUT2D eigenvalue weighted by Gasteiger charge is -2.16. The van der Waals surface area contributed by atoms with Gasteiger partial charge in [-0.25, -0.2) is 0 Å². The van der Waals surface area contributed by atoms with Crippen LogP contribution < -0.4 is 5.32 Å². The Hall–Kier alpha value is -3.22. The van der Waals surface area contributed by atoms with E-state index in [1.54, 1.807) is 31.5 Å². The summed E-state index contributed by atoms with van der Waals surface area (Å²) >= 11 is 0. The van der Waals surface area contributed by atoms with E-state index < -0.39 is 0 Å². The van der Waals surface area contributed by atoms with E-state index in [2.05, 4.69) is 15.6 Å². The van der Waals surface area contributed by atoms with Crippen molar-refractivity contribution in [1.29, 1.82) is 0 Å². The molecule has 1 amide bonds. The molecule has 3 rings (SSSR count). The van der Waals surface area contributed by atoms with Crippen LogP contribution in [0.2, 0.25) is 0 Å². The molecule has 1 atom stereocenters. The fourth-order valence-electron chi connectivity index (χ4n) is 2.89. The number of aryl methyl sites for hydroxylation is 2. The largest absolute Gasteiger partial charge is 0.359 e. The second-order valence-corrected chi connectivity index (χ2v) is 6.38. The van der Waals surface area contributed by atoms with Crippen LogP contribution in [0.3, 0.4) is 0 Å². The maximum Gasteiger partial charge on any atom is 0.274 e. The van der Waals surface area contributed by atoms with E-state index in [1.807, 2.05) is 37.3 Å². The van der Waals surface area contributed by atoms with E-state index in [1.165, 1.54) is 0 Å². The van der Waals surface area contributed by atoms with Crippen molar-refractivity contribution >= 4 is 17.4 Å². The summed E-state index contributed by atoms with van der Waals surface area (Å²) in [6.07, 6.45) is 0.321. The Morgan fingerprint density at radius 2 is 1.93 bits per heavy atom. The van der Waals surface area contributed by atoms with Gasteiger partial charge in [-0.1, -0.05) is 42.4 Å². The normalized spacial score (nSPS) is 12.0. The Bertz CT molecular complexity index is 953. The minimum Gasteiger partial charge on any atom is -0.359 e. The van der Waals surface area contributed by atoms with Gasteiger partial charge in [0.15, 0.2) is 11.5 Å². The SMILES string of the molecule is CCC(=O)c1cc(C(=O)Nc2c(C)noc2C)n([C@@H](C)c2ccccc2)n1. The highest BCUT2D eigenvalue weighted by atomic mass is 16.5. The molecule has 7 nitrogen and oxygen atoms in total. The van der Waals surface area contributed by atoms with Crippen molar-refractivity contribution in [3.8, 4) is 0 Å². The maximum absolute atomic E-state index is 12.9. The highest BCUT2D eigenvalue weighted by molar-refractivity contribution is 6.05. The number of ketones is 1. The molecule has 0 aliphatic rings. The second-order valence-electron chi connectivity index (χ2n) is 6.38. The summed E-state index contributed by atoms with van der Waals surface area (Å²) in [6, 6.07) is 11.0. The molecule has 0 saturated carbocycles. The summed E-state index contributed by atoms with van der Waals surface area (Å²) in [6.45, 7) is 7.19. The minimum absolute atomic E-state index is 0.111. The van der Waals surface area contributed by atoms with Gasteiger partial charge < -0.3 is 9.84 Å². The molecule has 0 bridgehead atoms. The zero-order valence-corrected chi connectivity index (χ0v) is 15.8. The molecule has 2 heterocycles. The zero-order chi connectivity index (χ0) is 19.6. The number of benzene rings is 1. The summed E-state index contributed by atoms with van der Waals surface area (Å²) in [5.74, 6) is 0.0446. The Morgan fingerprint density at radius 1 is 1.22 bits per heavy atom. The van der Waals surface area contributed by atoms with E-state index in [0.29, 0.717) is 29.3 Å². The van der Waals surface area contributed by atoms with Gasteiger partial charge in [0.05, 0.1) is 6.04 Å². The molecule has 0 radical (unpaired) electrons. The first-order valence-corrected chi connectivity index (χ1v) is 8.84. The first-order chi connectivity index (χ1) is 12.9. The van der Waals surface area contributed by atoms with Gasteiger partial charge in [-0.2, -0.15) is 5.10 Å². The van der Waals surface area contributed by atoms with Gasteiger partial charge in [0.2, 0.25) is 0 Å². The molecular formula is C20H22N4O3. The van der Waals surface area contributed by atoms with Crippen molar-refractivity contribution in [2.75, 3.05) is 5.32 Å². The van der Waals surface area contributed by atoms with Gasteiger partial charge in [0.25, 0.3) is 5.91 Å². The van der Waals surface area contributed by atoms with Gasteiger partial charge in [0, 0.05) is 12.5 Å². The van der Waals surface area contributed by atoms with Crippen LogP contribution in [0.15, 0.2) is 40.9 Å². The van der Waals surface area contributed by atoms with E-state index in [4.69, 9.17) is 4.52 Å². The van der Waals surface area contributed by atoms with E-state index in [-0.39, 0.29) is 23.4 Å². The zero-order valence-electron chi connectivity index (χ0n) is 15.8. The predicted molar refractivity (Wildman–Crippen MR) is 101 cm³/mol. The number of Topliss-reactive ketones (excluding diaryl/α,β-unsaturated/α-hetero) is 1. The molecule has 140 valence electrons. The summed E-state index contributed by atoms with van der Waals surface area (Å²) in [5.41, 5.74) is 2.70. The average Bonchev–Trinajstić information content (AvgIpc) is 3.26. The van der Waals surface area contributed by atoms with Gasteiger partial charge in [0.1, 0.15) is 22.8 Å². The number of nitrogens with zero attached hydrogens (tertiary/aromatic N) is 3. The molecule has 0 aliphatic carbocycles. The van der Waals surface area contributed by atoms with Crippen LogP contribution in [0.1, 0.15) is 64.3 Å².